The van der Waals surface area contributed by atoms with E-state index in [1.807, 2.05) is 78.8 Å². The van der Waals surface area contributed by atoms with E-state index in [0.29, 0.717) is 11.5 Å². The van der Waals surface area contributed by atoms with Gasteiger partial charge in [0, 0.05) is 14.4 Å². The number of rotatable bonds is 7. The monoisotopic (exact) mass is 738 g/mol. The second-order valence-electron chi connectivity index (χ2n) is 12.2. The van der Waals surface area contributed by atoms with Crippen molar-refractivity contribution in [3.63, 3.8) is 0 Å². The Kier molecular flexibility index (Phi) is 14.4. The molecular weight excluding hydrogens is 688 g/mol. The van der Waals surface area contributed by atoms with Gasteiger partial charge in [0.05, 0.1) is 5.60 Å². The summed E-state index contributed by atoms with van der Waals surface area (Å²) in [6, 6.07) is 22.7. The number of phenols is 2. The van der Waals surface area contributed by atoms with Crippen LogP contribution in [0.1, 0.15) is 103 Å². The first kappa shape index (κ1) is 38.6. The fraction of sp³-hybridized carbons (Fsp3) is 0.400. The first-order valence-electron chi connectivity index (χ1n) is 15.9. The predicted molar refractivity (Wildman–Crippen MR) is 199 cm³/mol. The minimum Gasteiger partial charge on any atom is -0.507 e. The van der Waals surface area contributed by atoms with Gasteiger partial charge in [-0.25, -0.2) is 0 Å². The molecule has 0 aromatic heterocycles. The van der Waals surface area contributed by atoms with E-state index >= 15 is 0 Å². The highest BCUT2D eigenvalue weighted by molar-refractivity contribution is 9.10. The number of para-hydroxylation sites is 1. The molecule has 0 fully saturated rings. The van der Waals surface area contributed by atoms with E-state index < -0.39 is 5.60 Å². The van der Waals surface area contributed by atoms with E-state index in [4.69, 9.17) is 0 Å². The molecule has 0 radical (unpaired) electrons. The van der Waals surface area contributed by atoms with Crippen LogP contribution in [0.3, 0.4) is 0 Å². The van der Waals surface area contributed by atoms with Gasteiger partial charge in [0.2, 0.25) is 0 Å². The second kappa shape index (κ2) is 16.8. The van der Waals surface area contributed by atoms with Gasteiger partial charge in [-0.15, -0.1) is 0 Å². The molecule has 0 unspecified atom stereocenters. The second-order valence-corrected chi connectivity index (χ2v) is 13.9. The van der Waals surface area contributed by atoms with Crippen molar-refractivity contribution in [2.45, 2.75) is 106 Å². The molecule has 4 aromatic carbocycles. The maximum atomic E-state index is 10.3. The van der Waals surface area contributed by atoms with Crippen LogP contribution in [0.25, 0.3) is 0 Å². The lowest BCUT2D eigenvalue weighted by molar-refractivity contribution is 0.0283. The third kappa shape index (κ3) is 9.24. The summed E-state index contributed by atoms with van der Waals surface area (Å²) >= 11 is 7.05. The van der Waals surface area contributed by atoms with Gasteiger partial charge < -0.3 is 15.3 Å². The summed E-state index contributed by atoms with van der Waals surface area (Å²) in [7, 11) is 0. The lowest BCUT2D eigenvalue weighted by Crippen LogP contribution is -2.26. The first-order chi connectivity index (χ1) is 21.1. The summed E-state index contributed by atoms with van der Waals surface area (Å²) in [6.07, 6.45) is 3.58. The Morgan fingerprint density at radius 3 is 1.24 bits per heavy atom. The fourth-order valence-corrected chi connectivity index (χ4v) is 6.30. The van der Waals surface area contributed by atoms with Crippen LogP contribution >= 0.6 is 31.9 Å². The molecule has 3 N–H and O–H groups in total. The van der Waals surface area contributed by atoms with Crippen molar-refractivity contribution in [2.24, 2.45) is 0 Å². The third-order valence-corrected chi connectivity index (χ3v) is 11.0. The zero-order valence-corrected chi connectivity index (χ0v) is 31.9. The van der Waals surface area contributed by atoms with Crippen molar-refractivity contribution in [3.8, 4) is 11.5 Å². The van der Waals surface area contributed by atoms with Gasteiger partial charge in [-0.3, -0.25) is 0 Å². The van der Waals surface area contributed by atoms with E-state index in [1.165, 1.54) is 22.3 Å². The molecule has 0 saturated carbocycles. The number of aliphatic hydroxyl groups is 1. The lowest BCUT2D eigenvalue weighted by atomic mass is 9.69. The highest BCUT2D eigenvalue weighted by Gasteiger charge is 2.32. The molecule has 0 spiro atoms. The van der Waals surface area contributed by atoms with Crippen LogP contribution in [0.15, 0.2) is 75.7 Å². The van der Waals surface area contributed by atoms with Crippen molar-refractivity contribution < 1.29 is 15.3 Å². The Morgan fingerprint density at radius 2 is 0.867 bits per heavy atom. The molecule has 45 heavy (non-hydrogen) atoms. The van der Waals surface area contributed by atoms with Crippen molar-refractivity contribution >= 4 is 31.9 Å². The van der Waals surface area contributed by atoms with E-state index in [-0.39, 0.29) is 5.41 Å². The highest BCUT2D eigenvalue weighted by Crippen LogP contribution is 2.42. The molecule has 3 nitrogen and oxygen atoms in total. The van der Waals surface area contributed by atoms with Crippen LogP contribution in [0, 0.1) is 41.5 Å². The Morgan fingerprint density at radius 1 is 0.489 bits per heavy atom. The topological polar surface area (TPSA) is 60.7 Å². The summed E-state index contributed by atoms with van der Waals surface area (Å²) in [5.74, 6) is 0.828. The van der Waals surface area contributed by atoms with Crippen molar-refractivity contribution in [1.29, 1.82) is 0 Å². The molecule has 4 aromatic rings. The van der Waals surface area contributed by atoms with Gasteiger partial charge in [0.25, 0.3) is 0 Å². The number of hydrogen-bond donors (Lipinski definition) is 3. The summed E-state index contributed by atoms with van der Waals surface area (Å²) < 4.78 is 2.24. The maximum absolute atomic E-state index is 10.3. The van der Waals surface area contributed by atoms with Crippen LogP contribution < -0.4 is 0 Å². The highest BCUT2D eigenvalue weighted by atomic mass is 79.9. The molecule has 4 rings (SSSR count). The molecule has 0 aliphatic heterocycles. The van der Waals surface area contributed by atoms with Gasteiger partial charge >= 0.3 is 0 Å². The smallest absolute Gasteiger partial charge is 0.121 e. The van der Waals surface area contributed by atoms with Gasteiger partial charge in [-0.05, 0) is 129 Å². The zero-order chi connectivity index (χ0) is 34.1. The number of benzene rings is 4. The minimum absolute atomic E-state index is 0.00528. The van der Waals surface area contributed by atoms with E-state index in [9.17, 15) is 15.3 Å². The molecule has 0 heterocycles. The van der Waals surface area contributed by atoms with Crippen molar-refractivity contribution in [2.75, 3.05) is 0 Å². The van der Waals surface area contributed by atoms with Gasteiger partial charge in [0.15, 0.2) is 0 Å². The van der Waals surface area contributed by atoms with E-state index in [1.54, 1.807) is 0 Å². The minimum atomic E-state index is -0.661. The van der Waals surface area contributed by atoms with Crippen LogP contribution in [0.2, 0.25) is 0 Å². The fourth-order valence-electron chi connectivity index (χ4n) is 5.81. The van der Waals surface area contributed by atoms with E-state index in [0.717, 1.165) is 62.4 Å². The van der Waals surface area contributed by atoms with Gasteiger partial charge in [-0.1, -0.05) is 114 Å². The summed E-state index contributed by atoms with van der Waals surface area (Å²) in [5, 5.41) is 29.6. The number of aromatic hydroxyl groups is 2. The summed E-state index contributed by atoms with van der Waals surface area (Å²) in [6.45, 7) is 20.4. The molecular formula is C40H52Br2O3. The van der Waals surface area contributed by atoms with Crippen LogP contribution in [0.4, 0.5) is 0 Å². The average Bonchev–Trinajstić information content (AvgIpc) is 3.02. The van der Waals surface area contributed by atoms with E-state index in [2.05, 4.69) is 89.0 Å². The molecule has 0 bridgehead atoms. The Balaban J connectivity index is 0.000000261. The zero-order valence-electron chi connectivity index (χ0n) is 28.8. The third-order valence-electron chi connectivity index (χ3n) is 9.27. The maximum Gasteiger partial charge on any atom is 0.121 e. The number of phenolic OH excluding ortho intramolecular Hbond substituents is 2. The lowest BCUT2D eigenvalue weighted by Gasteiger charge is -2.34. The number of halogens is 2. The SMILES string of the molecule is CCC(CC)(c1ccc(Br)c(C)c1)c1cc(C)c(O)c(C)c1.CCC(O)(CC)c1ccc(Br)c(C)c1.Cc1cccc(C)c1O. The predicted octanol–water partition coefficient (Wildman–Crippen LogP) is 12.0. The normalized spacial score (nSPS) is 11.3. The first-order valence-corrected chi connectivity index (χ1v) is 17.5. The largest absolute Gasteiger partial charge is 0.507 e. The van der Waals surface area contributed by atoms with Gasteiger partial charge in [0.1, 0.15) is 11.5 Å². The molecule has 0 atom stereocenters. The molecule has 0 aliphatic carbocycles. The van der Waals surface area contributed by atoms with Crippen molar-refractivity contribution in [1.82, 2.24) is 0 Å². The molecule has 0 amide bonds. The van der Waals surface area contributed by atoms with Gasteiger partial charge in [-0.2, -0.15) is 0 Å². The molecule has 0 aliphatic rings. The summed E-state index contributed by atoms with van der Waals surface area (Å²) in [4.78, 5) is 0. The Bertz CT molecular complexity index is 1520. The van der Waals surface area contributed by atoms with Crippen LogP contribution in [0.5, 0.6) is 11.5 Å². The number of aryl methyl sites for hydroxylation is 6. The molecule has 244 valence electrons. The summed E-state index contributed by atoms with van der Waals surface area (Å²) in [5.41, 5.74) is 9.21. The standard InChI is InChI=1S/C20H25BrO.C12H17BrO.C8H10O/c1-6-20(7-2,16-8-9-18(21)13(3)10-16)17-11-14(4)19(22)15(5)12-17;1-4-12(14,5-2)10-6-7-11(13)9(3)8-10;1-6-4-3-5-7(2)8(6)9/h8-12,22H,6-7H2,1-5H3;6-8,14H,4-5H2,1-3H3;3-5,9H,1-2H3. The quantitative estimate of drug-likeness (QED) is 0.177. The molecule has 0 saturated heterocycles. The Hall–Kier alpha value is -2.60. The number of hydrogen-bond acceptors (Lipinski definition) is 3. The van der Waals surface area contributed by atoms with Crippen molar-refractivity contribution in [3.05, 3.63) is 126 Å². The van der Waals surface area contributed by atoms with Crippen LogP contribution in [-0.2, 0) is 11.0 Å². The Labute approximate surface area is 289 Å². The average molecular weight is 741 g/mol. The molecule has 5 heteroatoms. The van der Waals surface area contributed by atoms with Crippen LogP contribution in [-0.4, -0.2) is 15.3 Å².